The van der Waals surface area contributed by atoms with Gasteiger partial charge in [-0.15, -0.1) is 11.3 Å². The van der Waals surface area contributed by atoms with Crippen LogP contribution in [0, 0.1) is 11.7 Å². The van der Waals surface area contributed by atoms with Gasteiger partial charge in [0.2, 0.25) is 0 Å². The minimum Gasteiger partial charge on any atom is -0.491 e. The van der Waals surface area contributed by atoms with Gasteiger partial charge in [0.1, 0.15) is 23.2 Å². The largest absolute Gasteiger partial charge is 0.491 e. The number of carboxylic acid groups (broad SMARTS) is 1. The van der Waals surface area contributed by atoms with E-state index in [0.717, 1.165) is 15.9 Å². The third-order valence-corrected chi connectivity index (χ3v) is 6.89. The Morgan fingerprint density at radius 2 is 1.84 bits per heavy atom. The zero-order valence-electron chi connectivity index (χ0n) is 20.5. The Balaban J connectivity index is 1.36. The summed E-state index contributed by atoms with van der Waals surface area (Å²) in [4.78, 5) is 27.3. The number of nitrogens with one attached hydrogen (secondary N) is 2. The van der Waals surface area contributed by atoms with E-state index in [1.807, 2.05) is 24.3 Å². The number of carbonyl (C=O) groups is 2. The topological polar surface area (TPSA) is 101 Å². The SMILES string of the molecule is CC(C)[C@@H](COc1ccc(-c2nc3ccccc3s2)c(F)c1)Nc1ccc(C(=O)NCCC(=O)O)cc1. The fraction of sp³-hybridized carbons (Fsp3) is 0.250. The first-order chi connectivity index (χ1) is 17.8. The summed E-state index contributed by atoms with van der Waals surface area (Å²) in [7, 11) is 0. The van der Waals surface area contributed by atoms with E-state index in [1.54, 1.807) is 36.4 Å². The molecular formula is C28H28FN3O4S. The molecule has 1 atom stereocenters. The number of thiazole rings is 1. The van der Waals surface area contributed by atoms with Crippen LogP contribution in [0.1, 0.15) is 30.6 Å². The van der Waals surface area contributed by atoms with Gasteiger partial charge in [-0.3, -0.25) is 9.59 Å². The first-order valence-electron chi connectivity index (χ1n) is 11.9. The zero-order chi connectivity index (χ0) is 26.4. The van der Waals surface area contributed by atoms with Crippen molar-refractivity contribution in [3.8, 4) is 16.3 Å². The van der Waals surface area contributed by atoms with Crippen molar-refractivity contribution in [2.45, 2.75) is 26.3 Å². The molecule has 0 aliphatic heterocycles. The summed E-state index contributed by atoms with van der Waals surface area (Å²) in [6.07, 6.45) is -0.129. The predicted molar refractivity (Wildman–Crippen MR) is 144 cm³/mol. The fourth-order valence-corrected chi connectivity index (χ4v) is 4.64. The number of aliphatic carboxylic acids is 1. The highest BCUT2D eigenvalue weighted by molar-refractivity contribution is 7.21. The second-order valence-electron chi connectivity index (χ2n) is 8.91. The van der Waals surface area contributed by atoms with Crippen LogP contribution >= 0.6 is 11.3 Å². The lowest BCUT2D eigenvalue weighted by molar-refractivity contribution is -0.136. The second kappa shape index (κ2) is 11.8. The molecule has 0 saturated heterocycles. The number of ether oxygens (including phenoxy) is 1. The van der Waals surface area contributed by atoms with Crippen LogP contribution in [0.5, 0.6) is 5.75 Å². The number of nitrogens with zero attached hydrogens (tertiary/aromatic N) is 1. The Bertz CT molecular complexity index is 1350. The molecule has 0 bridgehead atoms. The van der Waals surface area contributed by atoms with Gasteiger partial charge in [0.25, 0.3) is 5.91 Å². The maximum atomic E-state index is 14.9. The quantitative estimate of drug-likeness (QED) is 0.230. The Hall–Kier alpha value is -3.98. The number of benzene rings is 3. The van der Waals surface area contributed by atoms with Crippen LogP contribution in [-0.2, 0) is 4.79 Å². The van der Waals surface area contributed by atoms with Gasteiger partial charge < -0.3 is 20.5 Å². The molecule has 1 heterocycles. The molecule has 0 saturated carbocycles. The molecule has 0 fully saturated rings. The number of hydrogen-bond acceptors (Lipinski definition) is 6. The highest BCUT2D eigenvalue weighted by atomic mass is 32.1. The van der Waals surface area contributed by atoms with Crippen LogP contribution in [0.2, 0.25) is 0 Å². The highest BCUT2D eigenvalue weighted by Gasteiger charge is 2.17. The van der Waals surface area contributed by atoms with Crippen LogP contribution < -0.4 is 15.4 Å². The third-order valence-electron chi connectivity index (χ3n) is 5.82. The van der Waals surface area contributed by atoms with Crippen molar-refractivity contribution in [2.75, 3.05) is 18.5 Å². The minimum atomic E-state index is -0.964. The number of hydrogen-bond donors (Lipinski definition) is 3. The number of aromatic nitrogens is 1. The van der Waals surface area contributed by atoms with E-state index in [-0.39, 0.29) is 36.6 Å². The van der Waals surface area contributed by atoms with Crippen LogP contribution in [0.15, 0.2) is 66.7 Å². The Kier molecular flexibility index (Phi) is 8.35. The third kappa shape index (κ3) is 6.83. The van der Waals surface area contributed by atoms with Gasteiger partial charge in [-0.25, -0.2) is 9.37 Å². The van der Waals surface area contributed by atoms with Crippen molar-refractivity contribution >= 4 is 39.1 Å². The lowest BCUT2D eigenvalue weighted by atomic mass is 10.0. The van der Waals surface area contributed by atoms with Crippen molar-refractivity contribution in [3.05, 3.63) is 78.1 Å². The number of rotatable bonds is 11. The van der Waals surface area contributed by atoms with E-state index < -0.39 is 5.97 Å². The molecule has 9 heteroatoms. The van der Waals surface area contributed by atoms with Gasteiger partial charge in [0.15, 0.2) is 0 Å². The lowest BCUT2D eigenvalue weighted by Gasteiger charge is -2.24. The van der Waals surface area contributed by atoms with Gasteiger partial charge in [-0.1, -0.05) is 26.0 Å². The lowest BCUT2D eigenvalue weighted by Crippen LogP contribution is -2.32. The fourth-order valence-electron chi connectivity index (χ4n) is 3.65. The number of para-hydroxylation sites is 1. The minimum absolute atomic E-state index is 0.0674. The molecule has 0 aliphatic rings. The van der Waals surface area contributed by atoms with Crippen molar-refractivity contribution in [3.63, 3.8) is 0 Å². The summed E-state index contributed by atoms with van der Waals surface area (Å²) < 4.78 is 21.9. The smallest absolute Gasteiger partial charge is 0.305 e. The van der Waals surface area contributed by atoms with Crippen molar-refractivity contribution in [1.82, 2.24) is 10.3 Å². The molecule has 192 valence electrons. The van der Waals surface area contributed by atoms with Gasteiger partial charge >= 0.3 is 5.97 Å². The summed E-state index contributed by atoms with van der Waals surface area (Å²) in [5.41, 5.74) is 2.54. The van der Waals surface area contributed by atoms with E-state index in [1.165, 1.54) is 17.4 Å². The molecular weight excluding hydrogens is 493 g/mol. The molecule has 37 heavy (non-hydrogen) atoms. The average molecular weight is 522 g/mol. The first-order valence-corrected chi connectivity index (χ1v) is 12.8. The normalized spacial score (nSPS) is 11.9. The van der Waals surface area contributed by atoms with Gasteiger partial charge in [0, 0.05) is 29.4 Å². The molecule has 0 aliphatic carbocycles. The van der Waals surface area contributed by atoms with Crippen LogP contribution in [0.25, 0.3) is 20.8 Å². The van der Waals surface area contributed by atoms with E-state index in [4.69, 9.17) is 9.84 Å². The number of carbonyl (C=O) groups excluding carboxylic acids is 1. The molecule has 3 aromatic carbocycles. The van der Waals surface area contributed by atoms with Gasteiger partial charge in [-0.2, -0.15) is 0 Å². The summed E-state index contributed by atoms with van der Waals surface area (Å²) in [6.45, 7) is 4.50. The van der Waals surface area contributed by atoms with E-state index in [9.17, 15) is 14.0 Å². The zero-order valence-corrected chi connectivity index (χ0v) is 21.3. The number of anilines is 1. The Labute approximate surface area is 218 Å². The van der Waals surface area contributed by atoms with Crippen molar-refractivity contribution in [1.29, 1.82) is 0 Å². The van der Waals surface area contributed by atoms with Gasteiger partial charge in [-0.05, 0) is 54.4 Å². The first kappa shape index (κ1) is 26.1. The summed E-state index contributed by atoms with van der Waals surface area (Å²) >= 11 is 1.45. The molecule has 3 N–H and O–H groups in total. The Morgan fingerprint density at radius 3 is 2.51 bits per heavy atom. The maximum Gasteiger partial charge on any atom is 0.305 e. The van der Waals surface area contributed by atoms with Crippen molar-refractivity contribution in [2.24, 2.45) is 5.92 Å². The van der Waals surface area contributed by atoms with Crippen LogP contribution in [0.4, 0.5) is 10.1 Å². The number of halogens is 1. The van der Waals surface area contributed by atoms with E-state index >= 15 is 0 Å². The number of fused-ring (bicyclic) bond motifs is 1. The molecule has 1 aromatic heterocycles. The molecule has 1 amide bonds. The summed E-state index contributed by atoms with van der Waals surface area (Å²) in [5, 5.41) is 15.3. The summed E-state index contributed by atoms with van der Waals surface area (Å²) in [5.74, 6) is -1.03. The number of carboxylic acids is 1. The highest BCUT2D eigenvalue weighted by Crippen LogP contribution is 2.33. The standard InChI is InChI=1S/C28H28FN3O4S/c1-17(2)24(31-19-9-7-18(8-10-19)27(35)30-14-13-26(33)34)16-36-20-11-12-21(22(29)15-20)28-32-23-5-3-4-6-25(23)37-28/h3-12,15,17,24,31H,13-14,16H2,1-2H3,(H,30,35)(H,33,34)/t24-/m1/s1. The molecule has 4 rings (SSSR count). The molecule has 0 radical (unpaired) electrons. The predicted octanol–water partition coefficient (Wildman–Crippen LogP) is 5.82. The monoisotopic (exact) mass is 521 g/mol. The molecule has 4 aromatic rings. The molecule has 7 nitrogen and oxygen atoms in total. The number of amides is 1. The second-order valence-corrected chi connectivity index (χ2v) is 9.94. The molecule has 0 spiro atoms. The average Bonchev–Trinajstić information content (AvgIpc) is 3.30. The Morgan fingerprint density at radius 1 is 1.08 bits per heavy atom. The molecule has 0 unspecified atom stereocenters. The van der Waals surface area contributed by atoms with E-state index in [2.05, 4.69) is 29.5 Å². The van der Waals surface area contributed by atoms with E-state index in [0.29, 0.717) is 28.5 Å². The van der Waals surface area contributed by atoms with Gasteiger partial charge in [0.05, 0.1) is 22.7 Å². The van der Waals surface area contributed by atoms with Crippen LogP contribution in [0.3, 0.4) is 0 Å². The summed E-state index contributed by atoms with van der Waals surface area (Å²) in [6, 6.07) is 19.4. The maximum absolute atomic E-state index is 14.9. The van der Waals surface area contributed by atoms with Crippen molar-refractivity contribution < 1.29 is 23.8 Å². The van der Waals surface area contributed by atoms with Crippen LogP contribution in [-0.4, -0.2) is 41.2 Å².